The van der Waals surface area contributed by atoms with E-state index >= 15 is 0 Å². The molecule has 1 atom stereocenters. The van der Waals surface area contributed by atoms with Gasteiger partial charge in [0.15, 0.2) is 0 Å². The van der Waals surface area contributed by atoms with E-state index in [9.17, 15) is 19.5 Å². The Bertz CT molecular complexity index is 482. The maximum absolute atomic E-state index is 11.9. The van der Waals surface area contributed by atoms with E-state index in [-0.39, 0.29) is 17.9 Å². The fourth-order valence-corrected chi connectivity index (χ4v) is 3.65. The Hall–Kier alpha value is -1.50. The fourth-order valence-electron chi connectivity index (χ4n) is 2.25. The van der Waals surface area contributed by atoms with E-state index < -0.39 is 22.7 Å². The summed E-state index contributed by atoms with van der Waals surface area (Å²) in [5.41, 5.74) is 0.254. The third kappa shape index (κ3) is 1.69. The first-order valence-corrected chi connectivity index (χ1v) is 6.16. The number of ether oxygens (including phenoxy) is 1. The van der Waals surface area contributed by atoms with Crippen molar-refractivity contribution in [3.05, 3.63) is 10.6 Å². The minimum atomic E-state index is -1.07. The molecule has 0 radical (unpaired) electrons. The Balaban J connectivity index is 2.50. The van der Waals surface area contributed by atoms with Gasteiger partial charge in [0.2, 0.25) is 5.91 Å². The molecule has 0 spiro atoms. The molecule has 0 aliphatic carbocycles. The Labute approximate surface area is 108 Å². The molecular weight excluding hydrogens is 258 g/mol. The van der Waals surface area contributed by atoms with E-state index in [1.54, 1.807) is 13.8 Å². The fraction of sp³-hybridized carbons (Fsp3) is 0.545. The van der Waals surface area contributed by atoms with Crippen molar-refractivity contribution in [3.63, 3.8) is 0 Å². The number of carbonyl (C=O) groups is 3. The van der Waals surface area contributed by atoms with Gasteiger partial charge in [0.1, 0.15) is 6.04 Å². The van der Waals surface area contributed by atoms with Gasteiger partial charge in [-0.3, -0.25) is 9.69 Å². The van der Waals surface area contributed by atoms with Crippen molar-refractivity contribution in [3.8, 4) is 0 Å². The van der Waals surface area contributed by atoms with E-state index in [1.807, 2.05) is 0 Å². The molecule has 2 rings (SSSR count). The molecule has 2 heterocycles. The number of carboxylic acids is 1. The highest BCUT2D eigenvalue weighted by molar-refractivity contribution is 8.04. The van der Waals surface area contributed by atoms with Gasteiger partial charge in [-0.1, -0.05) is 11.8 Å². The molecule has 0 saturated carbocycles. The van der Waals surface area contributed by atoms with Crippen LogP contribution in [0.4, 0.5) is 0 Å². The molecule has 98 valence electrons. The zero-order valence-electron chi connectivity index (χ0n) is 10.2. The van der Waals surface area contributed by atoms with Gasteiger partial charge >= 0.3 is 11.9 Å². The van der Waals surface area contributed by atoms with Crippen molar-refractivity contribution >= 4 is 29.6 Å². The summed E-state index contributed by atoms with van der Waals surface area (Å²) in [6.07, 6.45) is -0.0884. The first kappa shape index (κ1) is 12.9. The van der Waals surface area contributed by atoms with Gasteiger partial charge in [-0.25, -0.2) is 9.59 Å². The van der Waals surface area contributed by atoms with E-state index in [0.717, 1.165) is 0 Å². The Morgan fingerprint density at radius 2 is 2.11 bits per heavy atom. The lowest BCUT2D eigenvalue weighted by molar-refractivity contribution is -0.147. The molecule has 1 amide bonds. The highest BCUT2D eigenvalue weighted by Gasteiger charge is 2.55. The predicted octanol–water partition coefficient (Wildman–Crippen LogP) is 0.582. The largest absolute Gasteiger partial charge is 0.480 e. The standard InChI is InChI=1S/C11H13NO5S/c1-11(2)7(9(14)15)12-6(13)4-5(8(12)18-11)10(16)17-3/h7H,4H2,1-3H3,(H,14,15)/t7-/m0/s1. The van der Waals surface area contributed by atoms with Gasteiger partial charge in [0.05, 0.1) is 24.1 Å². The van der Waals surface area contributed by atoms with Crippen LogP contribution in [0.3, 0.4) is 0 Å². The van der Waals surface area contributed by atoms with Gasteiger partial charge in [-0.2, -0.15) is 0 Å². The van der Waals surface area contributed by atoms with E-state index in [1.165, 1.54) is 23.8 Å². The highest BCUT2D eigenvalue weighted by atomic mass is 32.2. The van der Waals surface area contributed by atoms with Crippen molar-refractivity contribution in [2.75, 3.05) is 7.11 Å². The summed E-state index contributed by atoms with van der Waals surface area (Å²) < 4.78 is 3.95. The molecule has 1 N–H and O–H groups in total. The number of hydrogen-bond acceptors (Lipinski definition) is 5. The number of methoxy groups -OCH3 is 1. The number of fused-ring (bicyclic) bond motifs is 1. The summed E-state index contributed by atoms with van der Waals surface area (Å²) in [5, 5.41) is 9.67. The number of amides is 1. The molecule has 2 aliphatic rings. The maximum Gasteiger partial charge on any atom is 0.336 e. The molecule has 6 nitrogen and oxygen atoms in total. The average molecular weight is 271 g/mol. The van der Waals surface area contributed by atoms with Crippen LogP contribution in [0, 0.1) is 0 Å². The molecule has 0 bridgehead atoms. The number of esters is 1. The number of carbonyl (C=O) groups excluding carboxylic acids is 2. The smallest absolute Gasteiger partial charge is 0.336 e. The van der Waals surface area contributed by atoms with Crippen LogP contribution in [0.5, 0.6) is 0 Å². The van der Waals surface area contributed by atoms with Crippen LogP contribution in [-0.4, -0.2) is 45.8 Å². The summed E-state index contributed by atoms with van der Waals surface area (Å²) in [6.45, 7) is 3.48. The van der Waals surface area contributed by atoms with Crippen molar-refractivity contribution in [1.29, 1.82) is 0 Å². The molecule has 2 aliphatic heterocycles. The van der Waals surface area contributed by atoms with Gasteiger partial charge < -0.3 is 9.84 Å². The summed E-state index contributed by atoms with van der Waals surface area (Å²) >= 11 is 1.23. The van der Waals surface area contributed by atoms with Crippen LogP contribution in [0.1, 0.15) is 20.3 Å². The van der Waals surface area contributed by atoms with Crippen LogP contribution in [0.15, 0.2) is 10.6 Å². The molecule has 1 saturated heterocycles. The molecule has 1 fully saturated rings. The minimum Gasteiger partial charge on any atom is -0.480 e. The second-order valence-electron chi connectivity index (χ2n) is 4.66. The van der Waals surface area contributed by atoms with Gasteiger partial charge in [0.25, 0.3) is 0 Å². The Kier molecular flexibility index (Phi) is 2.89. The zero-order chi connectivity index (χ0) is 13.7. The number of aliphatic carboxylic acids is 1. The van der Waals surface area contributed by atoms with Gasteiger partial charge in [-0.15, -0.1) is 0 Å². The van der Waals surface area contributed by atoms with Gasteiger partial charge in [-0.05, 0) is 13.8 Å². The SMILES string of the molecule is COC(=O)C1=C2SC(C)(C)[C@H](C(=O)O)N2C(=O)C1. The molecular formula is C11H13NO5S. The molecule has 0 aromatic carbocycles. The first-order chi connectivity index (χ1) is 8.29. The van der Waals surface area contributed by atoms with E-state index in [4.69, 9.17) is 0 Å². The van der Waals surface area contributed by atoms with Crippen LogP contribution >= 0.6 is 11.8 Å². The third-order valence-corrected chi connectivity index (χ3v) is 4.40. The maximum atomic E-state index is 11.9. The monoisotopic (exact) mass is 271 g/mol. The van der Waals surface area contributed by atoms with Crippen molar-refractivity contribution in [1.82, 2.24) is 4.90 Å². The van der Waals surface area contributed by atoms with Gasteiger partial charge in [0, 0.05) is 4.75 Å². The lowest BCUT2D eigenvalue weighted by Crippen LogP contribution is -2.47. The zero-order valence-corrected chi connectivity index (χ0v) is 11.0. The second kappa shape index (κ2) is 4.01. The van der Waals surface area contributed by atoms with Crippen molar-refractivity contribution in [2.24, 2.45) is 0 Å². The quantitative estimate of drug-likeness (QED) is 0.740. The summed E-state index contributed by atoms with van der Waals surface area (Å²) in [5.74, 6) is -2.01. The Morgan fingerprint density at radius 3 is 2.61 bits per heavy atom. The number of carboxylic acid groups (broad SMARTS) is 1. The number of hydrogen-bond donors (Lipinski definition) is 1. The molecule has 7 heteroatoms. The number of nitrogens with zero attached hydrogens (tertiary/aromatic N) is 1. The Morgan fingerprint density at radius 1 is 1.50 bits per heavy atom. The highest BCUT2D eigenvalue weighted by Crippen LogP contribution is 2.51. The lowest BCUT2D eigenvalue weighted by Gasteiger charge is -2.25. The van der Waals surface area contributed by atoms with Crippen molar-refractivity contribution in [2.45, 2.75) is 31.1 Å². The van der Waals surface area contributed by atoms with E-state index in [2.05, 4.69) is 4.74 Å². The predicted molar refractivity (Wildman–Crippen MR) is 63.6 cm³/mol. The topological polar surface area (TPSA) is 83.9 Å². The molecule has 0 unspecified atom stereocenters. The van der Waals surface area contributed by atoms with E-state index in [0.29, 0.717) is 5.03 Å². The number of rotatable bonds is 2. The molecule has 0 aromatic heterocycles. The molecule has 18 heavy (non-hydrogen) atoms. The van der Waals surface area contributed by atoms with Crippen LogP contribution in [-0.2, 0) is 19.1 Å². The first-order valence-electron chi connectivity index (χ1n) is 5.35. The van der Waals surface area contributed by atoms with Crippen LogP contribution < -0.4 is 0 Å². The van der Waals surface area contributed by atoms with Crippen molar-refractivity contribution < 1.29 is 24.2 Å². The summed E-state index contributed by atoms with van der Waals surface area (Å²) in [6, 6.07) is -0.952. The summed E-state index contributed by atoms with van der Waals surface area (Å²) in [7, 11) is 1.24. The third-order valence-electron chi connectivity index (χ3n) is 3.02. The lowest BCUT2D eigenvalue weighted by atomic mass is 10.0. The minimum absolute atomic E-state index is 0.0884. The summed E-state index contributed by atoms with van der Waals surface area (Å²) in [4.78, 5) is 36.0. The molecule has 0 aromatic rings. The second-order valence-corrected chi connectivity index (χ2v) is 6.31. The normalized spacial score (nSPS) is 25.4. The number of thioether (sulfide) groups is 1. The average Bonchev–Trinajstić information content (AvgIpc) is 2.70. The van der Waals surface area contributed by atoms with Crippen LogP contribution in [0.25, 0.3) is 0 Å². The van der Waals surface area contributed by atoms with Crippen LogP contribution in [0.2, 0.25) is 0 Å².